The second kappa shape index (κ2) is 8.93. The van der Waals surface area contributed by atoms with E-state index < -0.39 is 23.7 Å². The predicted octanol–water partition coefficient (Wildman–Crippen LogP) is 2.71. The van der Waals surface area contributed by atoms with Crippen molar-refractivity contribution in [1.29, 1.82) is 0 Å². The molecule has 2 unspecified atom stereocenters. The molecule has 0 saturated heterocycles. The van der Waals surface area contributed by atoms with Crippen LogP contribution in [0.25, 0.3) is 0 Å². The van der Waals surface area contributed by atoms with Crippen LogP contribution in [-0.4, -0.2) is 23.8 Å². The predicted molar refractivity (Wildman–Crippen MR) is 101 cm³/mol. The molecule has 7 heteroatoms. The zero-order valence-electron chi connectivity index (χ0n) is 15.2. The normalized spacial score (nSPS) is 12.7. The molecule has 2 rings (SSSR count). The number of carbonyl (C=O) groups excluding carboxylic acids is 3. The molecule has 0 spiro atoms. The van der Waals surface area contributed by atoms with Gasteiger partial charge in [0.1, 0.15) is 11.9 Å². The minimum Gasteiger partial charge on any atom is -0.366 e. The molecule has 2 atom stereocenters. The van der Waals surface area contributed by atoms with E-state index in [2.05, 4.69) is 10.6 Å². The van der Waals surface area contributed by atoms with E-state index >= 15 is 0 Å². The molecule has 2 aromatic rings. The summed E-state index contributed by atoms with van der Waals surface area (Å²) in [7, 11) is 0. The number of hydrogen-bond acceptors (Lipinski definition) is 3. The molecular formula is C20H22FN3O3. The van der Waals surface area contributed by atoms with E-state index in [0.717, 1.165) is 6.07 Å². The third-order valence-electron chi connectivity index (χ3n) is 4.32. The fraction of sp³-hybridized carbons (Fsp3) is 0.250. The van der Waals surface area contributed by atoms with Crippen LogP contribution in [0, 0.1) is 11.7 Å². The zero-order valence-corrected chi connectivity index (χ0v) is 15.2. The Kier molecular flexibility index (Phi) is 6.65. The SMILES string of the molecule is CCC(C)C(NC(=O)c1ccccc1)C(=O)Nc1ccc(F)c(C(N)=O)c1. The number of anilines is 1. The largest absolute Gasteiger partial charge is 0.366 e. The highest BCUT2D eigenvalue weighted by Gasteiger charge is 2.26. The molecule has 142 valence electrons. The van der Waals surface area contributed by atoms with Crippen LogP contribution >= 0.6 is 0 Å². The topological polar surface area (TPSA) is 101 Å². The Morgan fingerprint density at radius 3 is 2.37 bits per heavy atom. The van der Waals surface area contributed by atoms with Gasteiger partial charge < -0.3 is 16.4 Å². The van der Waals surface area contributed by atoms with Gasteiger partial charge in [-0.2, -0.15) is 0 Å². The highest BCUT2D eigenvalue weighted by Crippen LogP contribution is 2.17. The molecule has 0 bridgehead atoms. The van der Waals surface area contributed by atoms with Gasteiger partial charge in [-0.25, -0.2) is 4.39 Å². The maximum absolute atomic E-state index is 13.6. The van der Waals surface area contributed by atoms with Crippen molar-refractivity contribution in [2.75, 3.05) is 5.32 Å². The van der Waals surface area contributed by atoms with Crippen molar-refractivity contribution in [3.8, 4) is 0 Å². The number of rotatable bonds is 7. The summed E-state index contributed by atoms with van der Waals surface area (Å²) in [5.41, 5.74) is 5.47. The monoisotopic (exact) mass is 371 g/mol. The molecule has 2 aromatic carbocycles. The number of hydrogen-bond donors (Lipinski definition) is 3. The van der Waals surface area contributed by atoms with Crippen LogP contribution < -0.4 is 16.4 Å². The summed E-state index contributed by atoms with van der Waals surface area (Å²) >= 11 is 0. The molecule has 4 N–H and O–H groups in total. The molecule has 0 aliphatic heterocycles. The Morgan fingerprint density at radius 1 is 1.11 bits per heavy atom. The van der Waals surface area contributed by atoms with Crippen LogP contribution in [0.4, 0.5) is 10.1 Å². The van der Waals surface area contributed by atoms with Gasteiger partial charge in [0, 0.05) is 11.3 Å². The molecule has 27 heavy (non-hydrogen) atoms. The van der Waals surface area contributed by atoms with Crippen molar-refractivity contribution >= 4 is 23.4 Å². The summed E-state index contributed by atoms with van der Waals surface area (Å²) in [6.45, 7) is 3.75. The maximum Gasteiger partial charge on any atom is 0.251 e. The van der Waals surface area contributed by atoms with Gasteiger partial charge >= 0.3 is 0 Å². The second-order valence-corrected chi connectivity index (χ2v) is 6.25. The van der Waals surface area contributed by atoms with Crippen LogP contribution in [-0.2, 0) is 4.79 Å². The first-order chi connectivity index (χ1) is 12.8. The summed E-state index contributed by atoms with van der Waals surface area (Å²) in [4.78, 5) is 36.4. The lowest BCUT2D eigenvalue weighted by atomic mass is 9.97. The fourth-order valence-corrected chi connectivity index (χ4v) is 2.53. The quantitative estimate of drug-likeness (QED) is 0.697. The highest BCUT2D eigenvalue weighted by molar-refractivity contribution is 6.02. The molecule has 0 aliphatic rings. The van der Waals surface area contributed by atoms with Gasteiger partial charge in [-0.1, -0.05) is 38.5 Å². The maximum atomic E-state index is 13.6. The number of carbonyl (C=O) groups is 3. The van der Waals surface area contributed by atoms with E-state index in [4.69, 9.17) is 5.73 Å². The Morgan fingerprint density at radius 2 is 1.78 bits per heavy atom. The van der Waals surface area contributed by atoms with Crippen LogP contribution in [0.5, 0.6) is 0 Å². The first-order valence-corrected chi connectivity index (χ1v) is 8.59. The number of benzene rings is 2. The summed E-state index contributed by atoms with van der Waals surface area (Å²) in [6, 6.07) is 11.3. The van der Waals surface area contributed by atoms with Crippen LogP contribution in [0.3, 0.4) is 0 Å². The number of amides is 3. The molecule has 0 fully saturated rings. The van der Waals surface area contributed by atoms with E-state index in [9.17, 15) is 18.8 Å². The van der Waals surface area contributed by atoms with Gasteiger partial charge in [-0.3, -0.25) is 14.4 Å². The summed E-state index contributed by atoms with van der Waals surface area (Å²) in [5.74, 6) is -2.67. The molecule has 0 saturated carbocycles. The molecular weight excluding hydrogens is 349 g/mol. The van der Waals surface area contributed by atoms with E-state index in [1.165, 1.54) is 12.1 Å². The number of primary amides is 1. The van der Waals surface area contributed by atoms with Crippen LogP contribution in [0.1, 0.15) is 41.0 Å². The molecule has 0 heterocycles. The van der Waals surface area contributed by atoms with E-state index in [1.807, 2.05) is 13.8 Å². The molecule has 3 amide bonds. The zero-order chi connectivity index (χ0) is 20.0. The lowest BCUT2D eigenvalue weighted by Gasteiger charge is -2.23. The van der Waals surface area contributed by atoms with E-state index in [1.54, 1.807) is 30.3 Å². The summed E-state index contributed by atoms with van der Waals surface area (Å²) in [6.07, 6.45) is 0.656. The number of halogens is 1. The van der Waals surface area contributed by atoms with Crippen molar-refractivity contribution in [1.82, 2.24) is 5.32 Å². The minimum absolute atomic E-state index is 0.145. The molecule has 0 aromatic heterocycles. The third-order valence-corrected chi connectivity index (χ3v) is 4.32. The lowest BCUT2D eigenvalue weighted by Crippen LogP contribution is -2.47. The van der Waals surface area contributed by atoms with Gasteiger partial charge in [0.2, 0.25) is 5.91 Å². The first kappa shape index (κ1) is 20.1. The average Bonchev–Trinajstić information content (AvgIpc) is 2.67. The Hall–Kier alpha value is -3.22. The smallest absolute Gasteiger partial charge is 0.251 e. The molecule has 0 radical (unpaired) electrons. The van der Waals surface area contributed by atoms with Crippen molar-refractivity contribution in [2.24, 2.45) is 11.7 Å². The van der Waals surface area contributed by atoms with E-state index in [0.29, 0.717) is 12.0 Å². The lowest BCUT2D eigenvalue weighted by molar-refractivity contribution is -0.119. The molecule has 6 nitrogen and oxygen atoms in total. The second-order valence-electron chi connectivity index (χ2n) is 6.25. The van der Waals surface area contributed by atoms with Gasteiger partial charge in [0.25, 0.3) is 11.8 Å². The van der Waals surface area contributed by atoms with Crippen molar-refractivity contribution in [2.45, 2.75) is 26.3 Å². The van der Waals surface area contributed by atoms with Gasteiger partial charge in [-0.05, 0) is 36.2 Å². The molecule has 0 aliphatic carbocycles. The Labute approximate surface area is 156 Å². The number of nitrogens with one attached hydrogen (secondary N) is 2. The minimum atomic E-state index is -0.931. The Bertz CT molecular complexity index is 840. The van der Waals surface area contributed by atoms with Gasteiger partial charge in [-0.15, -0.1) is 0 Å². The number of nitrogens with two attached hydrogens (primary N) is 1. The van der Waals surface area contributed by atoms with Crippen molar-refractivity contribution < 1.29 is 18.8 Å². The van der Waals surface area contributed by atoms with Gasteiger partial charge in [0.15, 0.2) is 0 Å². The third kappa shape index (κ3) is 5.13. The highest BCUT2D eigenvalue weighted by atomic mass is 19.1. The Balaban J connectivity index is 2.19. The van der Waals surface area contributed by atoms with Gasteiger partial charge in [0.05, 0.1) is 5.56 Å². The summed E-state index contributed by atoms with van der Waals surface area (Å²) in [5, 5.41) is 5.34. The van der Waals surface area contributed by atoms with Crippen LogP contribution in [0.15, 0.2) is 48.5 Å². The van der Waals surface area contributed by atoms with Crippen LogP contribution in [0.2, 0.25) is 0 Å². The average molecular weight is 371 g/mol. The standard InChI is InChI=1S/C20H22FN3O3/c1-3-12(2)17(24-19(26)13-7-5-4-6-8-13)20(27)23-14-9-10-16(21)15(11-14)18(22)25/h4-12,17H,3H2,1-2H3,(H2,22,25)(H,23,27)(H,24,26). The van der Waals surface area contributed by atoms with E-state index in [-0.39, 0.29) is 23.1 Å². The fourth-order valence-electron chi connectivity index (χ4n) is 2.53. The first-order valence-electron chi connectivity index (χ1n) is 8.59. The van der Waals surface area contributed by atoms with Crippen molar-refractivity contribution in [3.05, 3.63) is 65.5 Å². The van der Waals surface area contributed by atoms with Crippen molar-refractivity contribution in [3.63, 3.8) is 0 Å². The summed E-state index contributed by atoms with van der Waals surface area (Å²) < 4.78 is 13.6.